The Labute approximate surface area is 96.1 Å². The number of ether oxygens (including phenoxy) is 2. The lowest BCUT2D eigenvalue weighted by molar-refractivity contribution is -0.385. The van der Waals surface area contributed by atoms with Crippen LogP contribution in [-0.2, 0) is 9.53 Å². The molecule has 0 aliphatic rings. The van der Waals surface area contributed by atoms with E-state index in [2.05, 4.69) is 4.74 Å². The molecule has 0 heterocycles. The number of hydrogen-bond donors (Lipinski definition) is 0. The average Bonchev–Trinajstić information content (AvgIpc) is 2.28. The van der Waals surface area contributed by atoms with E-state index < -0.39 is 23.3 Å². The average molecular weight is 243 g/mol. The summed E-state index contributed by atoms with van der Waals surface area (Å²) in [6.45, 7) is 0.993. The van der Waals surface area contributed by atoms with Crippen molar-refractivity contribution in [1.82, 2.24) is 0 Å². The minimum Gasteiger partial charge on any atom is -0.479 e. The van der Waals surface area contributed by atoms with Crippen molar-refractivity contribution in [2.45, 2.75) is 6.92 Å². The molecule has 92 valence electrons. The molecule has 0 aromatic heterocycles. The summed E-state index contributed by atoms with van der Waals surface area (Å²) in [6.07, 6.45) is 0. The quantitative estimate of drug-likeness (QED) is 0.456. The van der Waals surface area contributed by atoms with Crippen LogP contribution in [0.2, 0.25) is 0 Å². The number of nitrogens with zero attached hydrogens (tertiary/aromatic N) is 1. The van der Waals surface area contributed by atoms with Crippen LogP contribution in [0.4, 0.5) is 10.1 Å². The summed E-state index contributed by atoms with van der Waals surface area (Å²) in [5.74, 6) is -1.79. The number of carbonyl (C=O) groups is 1. The molecule has 1 rings (SSSR count). The number of methoxy groups -OCH3 is 1. The van der Waals surface area contributed by atoms with Gasteiger partial charge in [0.25, 0.3) is 5.69 Å². The number of benzene rings is 1. The van der Waals surface area contributed by atoms with Gasteiger partial charge in [-0.3, -0.25) is 10.1 Å². The Bertz CT molecular complexity index is 460. The summed E-state index contributed by atoms with van der Waals surface area (Å²) in [5.41, 5.74) is -0.0933. The Kier molecular flexibility index (Phi) is 3.97. The van der Waals surface area contributed by atoms with Crippen molar-refractivity contribution < 1.29 is 23.6 Å². The molecule has 6 nitrogen and oxygen atoms in total. The van der Waals surface area contributed by atoms with Gasteiger partial charge in [0.05, 0.1) is 18.1 Å². The maximum absolute atomic E-state index is 13.4. The number of aryl methyl sites for hydroxylation is 1. The van der Waals surface area contributed by atoms with Gasteiger partial charge in [-0.05, 0) is 13.0 Å². The molecule has 0 atom stereocenters. The zero-order valence-corrected chi connectivity index (χ0v) is 9.23. The van der Waals surface area contributed by atoms with Crippen LogP contribution in [0.15, 0.2) is 12.1 Å². The lowest BCUT2D eigenvalue weighted by Gasteiger charge is -2.07. The first kappa shape index (κ1) is 12.9. The van der Waals surface area contributed by atoms with Gasteiger partial charge < -0.3 is 9.47 Å². The minimum atomic E-state index is -0.897. The molecule has 0 aliphatic heterocycles. The lowest BCUT2D eigenvalue weighted by Crippen LogP contribution is -2.13. The number of carbonyl (C=O) groups excluding carboxylic acids is 1. The molecule has 17 heavy (non-hydrogen) atoms. The number of rotatable bonds is 4. The van der Waals surface area contributed by atoms with Crippen LogP contribution in [0, 0.1) is 22.9 Å². The first-order valence-electron chi connectivity index (χ1n) is 4.60. The Balaban J connectivity index is 2.92. The highest BCUT2D eigenvalue weighted by Gasteiger charge is 2.16. The molecule has 0 bridgehead atoms. The predicted octanol–water partition coefficient (Wildman–Crippen LogP) is 1.59. The first-order chi connectivity index (χ1) is 7.95. The van der Waals surface area contributed by atoms with Crippen LogP contribution < -0.4 is 4.74 Å². The van der Waals surface area contributed by atoms with Crippen molar-refractivity contribution in [2.75, 3.05) is 13.7 Å². The van der Waals surface area contributed by atoms with E-state index >= 15 is 0 Å². The zero-order chi connectivity index (χ0) is 13.0. The predicted molar refractivity (Wildman–Crippen MR) is 55.3 cm³/mol. The Hall–Kier alpha value is -2.18. The summed E-state index contributed by atoms with van der Waals surface area (Å²) in [5, 5.41) is 10.5. The van der Waals surface area contributed by atoms with Gasteiger partial charge in [-0.1, -0.05) is 0 Å². The molecule has 0 aliphatic carbocycles. The molecule has 1 aromatic rings. The Morgan fingerprint density at radius 2 is 2.18 bits per heavy atom. The van der Waals surface area contributed by atoms with Crippen molar-refractivity contribution in [2.24, 2.45) is 0 Å². The highest BCUT2D eigenvalue weighted by molar-refractivity contribution is 5.70. The molecule has 0 saturated carbocycles. The van der Waals surface area contributed by atoms with E-state index in [-0.39, 0.29) is 17.0 Å². The van der Waals surface area contributed by atoms with Crippen LogP contribution in [0.5, 0.6) is 5.75 Å². The van der Waals surface area contributed by atoms with Gasteiger partial charge in [0.2, 0.25) is 0 Å². The SMILES string of the molecule is COC(=O)COc1cc(C)c([N+](=O)[O-])cc1F. The number of esters is 1. The molecule has 7 heteroatoms. The Morgan fingerprint density at radius 3 is 2.71 bits per heavy atom. The second-order valence-electron chi connectivity index (χ2n) is 3.19. The third-order valence-corrected chi connectivity index (χ3v) is 2.02. The van der Waals surface area contributed by atoms with E-state index in [1.165, 1.54) is 14.0 Å². The van der Waals surface area contributed by atoms with Crippen LogP contribution >= 0.6 is 0 Å². The fraction of sp³-hybridized carbons (Fsp3) is 0.300. The molecule has 1 aromatic carbocycles. The van der Waals surface area contributed by atoms with Crippen LogP contribution in [-0.4, -0.2) is 24.6 Å². The lowest BCUT2D eigenvalue weighted by atomic mass is 10.2. The van der Waals surface area contributed by atoms with Crippen LogP contribution in [0.3, 0.4) is 0 Å². The van der Waals surface area contributed by atoms with Crippen molar-refractivity contribution in [3.8, 4) is 5.75 Å². The third kappa shape index (κ3) is 3.13. The summed E-state index contributed by atoms with van der Waals surface area (Å²) in [6, 6.07) is 1.92. The van der Waals surface area contributed by atoms with E-state index in [4.69, 9.17) is 4.74 Å². The van der Waals surface area contributed by atoms with Crippen molar-refractivity contribution >= 4 is 11.7 Å². The smallest absolute Gasteiger partial charge is 0.343 e. The number of nitro groups is 1. The molecule has 0 spiro atoms. The summed E-state index contributed by atoms with van der Waals surface area (Å²) < 4.78 is 22.5. The standard InChI is InChI=1S/C10H10FNO5/c1-6-3-9(17-5-10(13)16-2)7(11)4-8(6)12(14)15/h3-4H,5H2,1-2H3. The summed E-state index contributed by atoms with van der Waals surface area (Å²) in [4.78, 5) is 20.6. The molecule has 0 radical (unpaired) electrons. The summed E-state index contributed by atoms with van der Waals surface area (Å²) in [7, 11) is 1.17. The Morgan fingerprint density at radius 1 is 1.53 bits per heavy atom. The highest BCUT2D eigenvalue weighted by Crippen LogP contribution is 2.26. The molecular formula is C10H10FNO5. The monoisotopic (exact) mass is 243 g/mol. The number of nitro benzene ring substituents is 1. The van der Waals surface area contributed by atoms with Gasteiger partial charge in [0.1, 0.15) is 0 Å². The van der Waals surface area contributed by atoms with Crippen molar-refractivity contribution in [3.63, 3.8) is 0 Å². The minimum absolute atomic E-state index is 0.224. The van der Waals surface area contributed by atoms with Crippen LogP contribution in [0.25, 0.3) is 0 Å². The van der Waals surface area contributed by atoms with E-state index in [9.17, 15) is 19.3 Å². The zero-order valence-electron chi connectivity index (χ0n) is 9.23. The number of halogens is 1. The fourth-order valence-corrected chi connectivity index (χ4v) is 1.15. The van der Waals surface area contributed by atoms with Gasteiger partial charge in [-0.2, -0.15) is 0 Å². The third-order valence-electron chi connectivity index (χ3n) is 2.02. The van der Waals surface area contributed by atoms with Crippen LogP contribution in [0.1, 0.15) is 5.56 Å². The van der Waals surface area contributed by atoms with E-state index in [0.717, 1.165) is 12.1 Å². The van der Waals surface area contributed by atoms with Gasteiger partial charge in [-0.15, -0.1) is 0 Å². The van der Waals surface area contributed by atoms with Gasteiger partial charge in [0.15, 0.2) is 18.2 Å². The molecule has 0 unspecified atom stereocenters. The number of hydrogen-bond acceptors (Lipinski definition) is 5. The van der Waals surface area contributed by atoms with Crippen molar-refractivity contribution in [1.29, 1.82) is 0 Å². The maximum Gasteiger partial charge on any atom is 0.343 e. The van der Waals surface area contributed by atoms with E-state index in [1.54, 1.807) is 0 Å². The molecule has 0 N–H and O–H groups in total. The van der Waals surface area contributed by atoms with Gasteiger partial charge in [0, 0.05) is 5.56 Å². The van der Waals surface area contributed by atoms with E-state index in [1.807, 2.05) is 0 Å². The molecule has 0 fully saturated rings. The largest absolute Gasteiger partial charge is 0.479 e. The normalized spacial score (nSPS) is 9.82. The fourth-order valence-electron chi connectivity index (χ4n) is 1.15. The molecule has 0 saturated heterocycles. The molecule has 0 amide bonds. The van der Waals surface area contributed by atoms with Gasteiger partial charge in [-0.25, -0.2) is 9.18 Å². The molecular weight excluding hydrogens is 233 g/mol. The van der Waals surface area contributed by atoms with Crippen molar-refractivity contribution in [3.05, 3.63) is 33.6 Å². The second-order valence-corrected chi connectivity index (χ2v) is 3.19. The highest BCUT2D eigenvalue weighted by atomic mass is 19.1. The topological polar surface area (TPSA) is 78.7 Å². The summed E-state index contributed by atoms with van der Waals surface area (Å²) >= 11 is 0. The van der Waals surface area contributed by atoms with Gasteiger partial charge >= 0.3 is 5.97 Å². The maximum atomic E-state index is 13.4. The second kappa shape index (κ2) is 5.24. The first-order valence-corrected chi connectivity index (χ1v) is 4.60. The van der Waals surface area contributed by atoms with E-state index in [0.29, 0.717) is 0 Å².